The molecule has 6 nitrogen and oxygen atoms in total. The smallest absolute Gasteiger partial charge is 0.243 e. The van der Waals surface area contributed by atoms with Gasteiger partial charge in [0.25, 0.3) is 0 Å². The number of aryl methyl sites for hydroxylation is 1. The highest BCUT2D eigenvalue weighted by molar-refractivity contribution is 7.89. The van der Waals surface area contributed by atoms with Crippen molar-refractivity contribution in [3.8, 4) is 0 Å². The van der Waals surface area contributed by atoms with Gasteiger partial charge in [0.15, 0.2) is 0 Å². The van der Waals surface area contributed by atoms with Crippen LogP contribution >= 0.6 is 0 Å². The van der Waals surface area contributed by atoms with Gasteiger partial charge in [-0.2, -0.15) is 4.31 Å². The van der Waals surface area contributed by atoms with E-state index in [1.807, 2.05) is 6.92 Å². The molecule has 3 rings (SSSR count). The minimum Gasteiger partial charge on any atom is -0.328 e. The van der Waals surface area contributed by atoms with Gasteiger partial charge in [0.2, 0.25) is 15.9 Å². The van der Waals surface area contributed by atoms with Gasteiger partial charge in [-0.3, -0.25) is 4.79 Å². The number of nitrogens with two attached hydrogens (primary N) is 1. The van der Waals surface area contributed by atoms with Gasteiger partial charge >= 0.3 is 0 Å². The molecule has 0 saturated carbocycles. The molecule has 0 bridgehead atoms. The van der Waals surface area contributed by atoms with Crippen molar-refractivity contribution in [2.45, 2.75) is 50.0 Å². The molecule has 0 spiro atoms. The molecule has 3 N–H and O–H groups in total. The van der Waals surface area contributed by atoms with Crippen LogP contribution in [0.1, 0.15) is 38.2 Å². The SMILES string of the molecule is CC(N)C1CCN(S(=O)(=O)c2ccc3c(c2)CCCC(=O)N3)CC1. The van der Waals surface area contributed by atoms with Crippen molar-refractivity contribution in [2.75, 3.05) is 18.4 Å². The van der Waals surface area contributed by atoms with Gasteiger partial charge in [0.05, 0.1) is 4.90 Å². The molecule has 1 unspecified atom stereocenters. The number of piperidine rings is 1. The molecule has 0 aromatic heterocycles. The van der Waals surface area contributed by atoms with Crippen molar-refractivity contribution < 1.29 is 13.2 Å². The Morgan fingerprint density at radius 3 is 2.62 bits per heavy atom. The maximum atomic E-state index is 12.9. The zero-order valence-corrected chi connectivity index (χ0v) is 14.8. The van der Waals surface area contributed by atoms with Crippen molar-refractivity contribution in [1.82, 2.24) is 4.31 Å². The monoisotopic (exact) mass is 351 g/mol. The third kappa shape index (κ3) is 3.48. The Balaban J connectivity index is 1.81. The number of carbonyl (C=O) groups excluding carboxylic acids is 1. The normalized spacial score (nSPS) is 21.7. The summed E-state index contributed by atoms with van der Waals surface area (Å²) in [6.45, 7) is 3.01. The van der Waals surface area contributed by atoms with Gasteiger partial charge in [0, 0.05) is 31.2 Å². The second kappa shape index (κ2) is 6.82. The van der Waals surface area contributed by atoms with Crippen LogP contribution in [0.3, 0.4) is 0 Å². The van der Waals surface area contributed by atoms with E-state index < -0.39 is 10.0 Å². The summed E-state index contributed by atoms with van der Waals surface area (Å²) in [5, 5.41) is 2.84. The fourth-order valence-corrected chi connectivity index (χ4v) is 5.02. The van der Waals surface area contributed by atoms with Crippen LogP contribution < -0.4 is 11.1 Å². The molecule has 1 fully saturated rings. The van der Waals surface area contributed by atoms with Gasteiger partial charge in [-0.25, -0.2) is 8.42 Å². The average Bonchev–Trinajstić information content (AvgIpc) is 2.74. The Morgan fingerprint density at radius 2 is 1.96 bits per heavy atom. The lowest BCUT2D eigenvalue weighted by atomic mass is 9.92. The molecule has 2 aliphatic rings. The molecule has 1 amide bonds. The van der Waals surface area contributed by atoms with Gasteiger partial charge in [0.1, 0.15) is 0 Å². The lowest BCUT2D eigenvalue weighted by Crippen LogP contribution is -2.42. The molecule has 1 aromatic carbocycles. The molecule has 7 heteroatoms. The first kappa shape index (κ1) is 17.4. The number of rotatable bonds is 3. The van der Waals surface area contributed by atoms with E-state index in [4.69, 9.17) is 5.73 Å². The van der Waals surface area contributed by atoms with Gasteiger partial charge < -0.3 is 11.1 Å². The molecule has 0 radical (unpaired) electrons. The zero-order valence-electron chi connectivity index (χ0n) is 14.0. The van der Waals surface area contributed by atoms with Gasteiger partial charge in [-0.1, -0.05) is 0 Å². The number of carbonyl (C=O) groups is 1. The van der Waals surface area contributed by atoms with Crippen molar-refractivity contribution in [3.05, 3.63) is 23.8 Å². The summed E-state index contributed by atoms with van der Waals surface area (Å²) in [5.41, 5.74) is 7.56. The fraction of sp³-hybridized carbons (Fsp3) is 0.588. The van der Waals surface area contributed by atoms with E-state index in [0.717, 1.165) is 30.5 Å². The second-order valence-electron chi connectivity index (χ2n) is 6.82. The highest BCUT2D eigenvalue weighted by Gasteiger charge is 2.31. The Labute approximate surface area is 143 Å². The first-order valence-corrected chi connectivity index (χ1v) is 10.0. The molecule has 24 heavy (non-hydrogen) atoms. The quantitative estimate of drug-likeness (QED) is 0.867. The van der Waals surface area contributed by atoms with Crippen LogP contribution in [0.15, 0.2) is 23.1 Å². The van der Waals surface area contributed by atoms with Crippen LogP contribution in [0.4, 0.5) is 5.69 Å². The van der Waals surface area contributed by atoms with Crippen LogP contribution in [-0.2, 0) is 21.2 Å². The van der Waals surface area contributed by atoms with Crippen molar-refractivity contribution in [2.24, 2.45) is 11.7 Å². The first-order valence-electron chi connectivity index (χ1n) is 8.56. The molecule has 1 atom stereocenters. The number of sulfonamides is 1. The lowest BCUT2D eigenvalue weighted by Gasteiger charge is -2.33. The van der Waals surface area contributed by atoms with E-state index in [-0.39, 0.29) is 11.9 Å². The number of benzene rings is 1. The second-order valence-corrected chi connectivity index (χ2v) is 8.76. The predicted octanol–water partition coefficient (Wildman–Crippen LogP) is 1.71. The number of fused-ring (bicyclic) bond motifs is 1. The van der Waals surface area contributed by atoms with Crippen molar-refractivity contribution in [1.29, 1.82) is 0 Å². The van der Waals surface area contributed by atoms with E-state index in [9.17, 15) is 13.2 Å². The fourth-order valence-electron chi connectivity index (χ4n) is 3.50. The highest BCUT2D eigenvalue weighted by Crippen LogP contribution is 2.29. The summed E-state index contributed by atoms with van der Waals surface area (Å²) in [5.74, 6) is 0.376. The summed E-state index contributed by atoms with van der Waals surface area (Å²) in [4.78, 5) is 11.9. The maximum absolute atomic E-state index is 12.9. The van der Waals surface area contributed by atoms with E-state index >= 15 is 0 Å². The summed E-state index contributed by atoms with van der Waals surface area (Å²) in [7, 11) is -3.49. The summed E-state index contributed by atoms with van der Waals surface area (Å²) >= 11 is 0. The van der Waals surface area contributed by atoms with Crippen LogP contribution in [0.2, 0.25) is 0 Å². The van der Waals surface area contributed by atoms with E-state index in [1.54, 1.807) is 22.5 Å². The molecular weight excluding hydrogens is 326 g/mol. The minimum absolute atomic E-state index is 0.0117. The maximum Gasteiger partial charge on any atom is 0.243 e. The van der Waals surface area contributed by atoms with Crippen LogP contribution in [-0.4, -0.2) is 37.8 Å². The average molecular weight is 351 g/mol. The molecule has 1 saturated heterocycles. The number of hydrogen-bond donors (Lipinski definition) is 2. The van der Waals surface area contributed by atoms with E-state index in [2.05, 4.69) is 5.32 Å². The van der Waals surface area contributed by atoms with Crippen LogP contribution in [0.5, 0.6) is 0 Å². The highest BCUT2D eigenvalue weighted by atomic mass is 32.2. The zero-order chi connectivity index (χ0) is 17.3. The van der Waals surface area contributed by atoms with Gasteiger partial charge in [-0.15, -0.1) is 0 Å². The summed E-state index contributed by atoms with van der Waals surface area (Å²) in [6.07, 6.45) is 3.53. The lowest BCUT2D eigenvalue weighted by molar-refractivity contribution is -0.116. The van der Waals surface area contributed by atoms with Crippen LogP contribution in [0.25, 0.3) is 0 Å². The summed E-state index contributed by atoms with van der Waals surface area (Å²) in [6, 6.07) is 5.12. The van der Waals surface area contributed by atoms with Crippen molar-refractivity contribution >= 4 is 21.6 Å². The van der Waals surface area contributed by atoms with Gasteiger partial charge in [-0.05, 0) is 62.3 Å². The molecule has 132 valence electrons. The number of nitrogens with one attached hydrogen (secondary N) is 1. The topological polar surface area (TPSA) is 92.5 Å². The Hall–Kier alpha value is -1.44. The minimum atomic E-state index is -3.49. The Morgan fingerprint density at radius 1 is 1.25 bits per heavy atom. The van der Waals surface area contributed by atoms with E-state index in [1.165, 1.54) is 0 Å². The standard InChI is InChI=1S/C17H25N3O3S/c1-12(18)13-7-9-20(10-8-13)24(22,23)15-5-6-16-14(11-15)3-2-4-17(21)19-16/h5-6,11-13H,2-4,7-10,18H2,1H3,(H,19,21). The van der Waals surface area contributed by atoms with E-state index in [0.29, 0.717) is 36.7 Å². The largest absolute Gasteiger partial charge is 0.328 e. The predicted molar refractivity (Wildman–Crippen MR) is 93.1 cm³/mol. The number of anilines is 1. The number of hydrogen-bond acceptors (Lipinski definition) is 4. The van der Waals surface area contributed by atoms with Crippen molar-refractivity contribution in [3.63, 3.8) is 0 Å². The molecule has 1 aromatic rings. The number of nitrogens with zero attached hydrogens (tertiary/aromatic N) is 1. The Bertz CT molecular complexity index is 723. The number of amides is 1. The van der Waals surface area contributed by atoms with Crippen LogP contribution in [0, 0.1) is 5.92 Å². The molecule has 2 aliphatic heterocycles. The first-order chi connectivity index (χ1) is 11.4. The molecule has 0 aliphatic carbocycles. The Kier molecular flexibility index (Phi) is 4.94. The third-order valence-electron chi connectivity index (χ3n) is 5.08. The molecular formula is C17H25N3O3S. The molecule has 2 heterocycles. The summed E-state index contributed by atoms with van der Waals surface area (Å²) < 4.78 is 27.4. The third-order valence-corrected chi connectivity index (χ3v) is 6.98.